The monoisotopic (exact) mass is 558 g/mol. The first kappa shape index (κ1) is 29.1. The lowest BCUT2D eigenvalue weighted by Gasteiger charge is -2.43. The number of likely N-dealkylation sites (tertiary alicyclic amines) is 1. The van der Waals surface area contributed by atoms with Crippen molar-refractivity contribution in [2.75, 3.05) is 26.2 Å². The summed E-state index contributed by atoms with van der Waals surface area (Å²) in [7, 11) is 0. The van der Waals surface area contributed by atoms with E-state index in [0.29, 0.717) is 6.54 Å². The van der Waals surface area contributed by atoms with Crippen molar-refractivity contribution in [1.29, 1.82) is 0 Å². The van der Waals surface area contributed by atoms with Gasteiger partial charge in [-0.25, -0.2) is 8.78 Å². The number of amides is 1. The molecule has 1 saturated carbocycles. The molecule has 1 N–H and O–H groups in total. The third-order valence-corrected chi connectivity index (χ3v) is 8.08. The number of benzene rings is 2. The molecule has 0 radical (unpaired) electrons. The van der Waals surface area contributed by atoms with E-state index in [2.05, 4.69) is 10.2 Å². The molecule has 7 nitrogen and oxygen atoms in total. The molecule has 2 saturated heterocycles. The van der Waals surface area contributed by atoms with Gasteiger partial charge in [-0.2, -0.15) is 0 Å². The Balaban J connectivity index is 1.39. The molecule has 1 amide bonds. The molecule has 5 rings (SSSR count). The van der Waals surface area contributed by atoms with Crippen molar-refractivity contribution in [3.63, 3.8) is 0 Å². The zero-order valence-electron chi connectivity index (χ0n) is 23.6. The number of carbonyl (C=O) groups excluding carboxylic acids is 1. The van der Waals surface area contributed by atoms with Crippen LogP contribution in [-0.2, 0) is 37.0 Å². The number of ether oxygens (including phenoxy) is 4. The van der Waals surface area contributed by atoms with E-state index in [-0.39, 0.29) is 37.5 Å². The Morgan fingerprint density at radius 2 is 1.77 bits per heavy atom. The Bertz CT molecular complexity index is 1170. The summed E-state index contributed by atoms with van der Waals surface area (Å²) in [4.78, 5) is 16.3. The third kappa shape index (κ3) is 6.71. The summed E-state index contributed by atoms with van der Waals surface area (Å²) in [6.07, 6.45) is 1.08. The van der Waals surface area contributed by atoms with E-state index in [1.807, 2.05) is 45.0 Å². The molecule has 1 aliphatic carbocycles. The summed E-state index contributed by atoms with van der Waals surface area (Å²) in [6, 6.07) is 11.7. The molecular formula is C31H40F2N2O5. The molecule has 0 bridgehead atoms. The molecule has 40 heavy (non-hydrogen) atoms. The number of hydrogen-bond acceptors (Lipinski definition) is 6. The maximum Gasteiger partial charge on any atom is 0.252 e. The number of aryl methyl sites for hydroxylation is 1. The number of halogens is 2. The van der Waals surface area contributed by atoms with Gasteiger partial charge in [0.15, 0.2) is 11.4 Å². The Morgan fingerprint density at radius 3 is 2.50 bits per heavy atom. The van der Waals surface area contributed by atoms with Crippen molar-refractivity contribution >= 4 is 5.91 Å². The summed E-state index contributed by atoms with van der Waals surface area (Å²) in [6.45, 7) is 8.89. The van der Waals surface area contributed by atoms with Crippen LogP contribution in [0.5, 0.6) is 0 Å². The molecule has 1 unspecified atom stereocenters. The van der Waals surface area contributed by atoms with Gasteiger partial charge in [0.25, 0.3) is 5.91 Å². The number of carbonyl (C=O) groups is 1. The molecule has 0 spiro atoms. The van der Waals surface area contributed by atoms with E-state index in [1.54, 1.807) is 0 Å². The summed E-state index contributed by atoms with van der Waals surface area (Å²) in [5.41, 5.74) is 0.597. The van der Waals surface area contributed by atoms with Crippen LogP contribution in [0.25, 0.3) is 0 Å². The SMILES string of the molecule is Cc1cccc(CO[C@]2(C(=O)NCCN3CCCC3)CC(OCc3c(F)cccc3F)[C@@H]3OC(C)(C)O[C@@H]3C2)c1. The average Bonchev–Trinajstić information content (AvgIpc) is 3.53. The second kappa shape index (κ2) is 12.2. The van der Waals surface area contributed by atoms with Gasteiger partial charge < -0.3 is 29.2 Å². The highest BCUT2D eigenvalue weighted by Crippen LogP contribution is 2.44. The second-order valence-corrected chi connectivity index (χ2v) is 11.7. The van der Waals surface area contributed by atoms with Gasteiger partial charge in [0.1, 0.15) is 17.7 Å². The summed E-state index contributed by atoms with van der Waals surface area (Å²) < 4.78 is 53.9. The molecule has 9 heteroatoms. The molecular weight excluding hydrogens is 518 g/mol. The van der Waals surface area contributed by atoms with E-state index in [0.717, 1.165) is 30.8 Å². The van der Waals surface area contributed by atoms with Crippen molar-refractivity contribution in [2.45, 2.75) is 89.4 Å². The molecule has 2 heterocycles. The van der Waals surface area contributed by atoms with Crippen molar-refractivity contribution in [1.82, 2.24) is 10.2 Å². The molecule has 2 aromatic rings. The predicted octanol–water partition coefficient (Wildman–Crippen LogP) is 4.64. The van der Waals surface area contributed by atoms with Gasteiger partial charge >= 0.3 is 0 Å². The van der Waals surface area contributed by atoms with Crippen molar-refractivity contribution < 1.29 is 32.5 Å². The zero-order chi connectivity index (χ0) is 28.3. The summed E-state index contributed by atoms with van der Waals surface area (Å²) in [5.74, 6) is -2.51. The number of hydrogen-bond donors (Lipinski definition) is 1. The quantitative estimate of drug-likeness (QED) is 0.458. The van der Waals surface area contributed by atoms with Crippen LogP contribution in [-0.4, -0.2) is 66.7 Å². The van der Waals surface area contributed by atoms with Crippen LogP contribution in [0.1, 0.15) is 56.2 Å². The summed E-state index contributed by atoms with van der Waals surface area (Å²) >= 11 is 0. The van der Waals surface area contributed by atoms with Crippen LogP contribution in [0.4, 0.5) is 8.78 Å². The smallest absolute Gasteiger partial charge is 0.252 e. The molecule has 3 aliphatic rings. The van der Waals surface area contributed by atoms with Crippen LogP contribution in [0, 0.1) is 18.6 Å². The Labute approximate surface area is 235 Å². The molecule has 3 fully saturated rings. The minimum absolute atomic E-state index is 0.158. The highest BCUT2D eigenvalue weighted by atomic mass is 19.1. The van der Waals surface area contributed by atoms with Crippen LogP contribution in [0.15, 0.2) is 42.5 Å². The fourth-order valence-corrected chi connectivity index (χ4v) is 6.09. The topological polar surface area (TPSA) is 69.3 Å². The summed E-state index contributed by atoms with van der Waals surface area (Å²) in [5, 5.41) is 3.10. The molecule has 2 aromatic carbocycles. The minimum Gasteiger partial charge on any atom is -0.370 e. The largest absolute Gasteiger partial charge is 0.370 e. The van der Waals surface area contributed by atoms with E-state index in [9.17, 15) is 13.6 Å². The first-order valence-electron chi connectivity index (χ1n) is 14.2. The lowest BCUT2D eigenvalue weighted by Crippen LogP contribution is -2.60. The number of fused-ring (bicyclic) bond motifs is 1. The average molecular weight is 559 g/mol. The maximum absolute atomic E-state index is 14.4. The van der Waals surface area contributed by atoms with Crippen LogP contribution in [0.2, 0.25) is 0 Å². The predicted molar refractivity (Wildman–Crippen MR) is 145 cm³/mol. The van der Waals surface area contributed by atoms with Gasteiger partial charge in [0.2, 0.25) is 0 Å². The van der Waals surface area contributed by atoms with Gasteiger partial charge in [-0.3, -0.25) is 4.79 Å². The number of nitrogens with one attached hydrogen (secondary N) is 1. The highest BCUT2D eigenvalue weighted by Gasteiger charge is 2.58. The minimum atomic E-state index is -1.28. The van der Waals surface area contributed by atoms with Gasteiger partial charge in [0.05, 0.1) is 25.4 Å². The third-order valence-electron chi connectivity index (χ3n) is 8.08. The first-order chi connectivity index (χ1) is 19.1. The van der Waals surface area contributed by atoms with Gasteiger partial charge in [-0.1, -0.05) is 35.9 Å². The standard InChI is InChI=1S/C31H40F2N2O5/c1-21-8-6-9-22(16-21)19-38-31(29(36)34-12-15-35-13-4-5-14-35)17-26(28-27(18-31)39-30(2,3)40-28)37-20-23-24(32)10-7-11-25(23)33/h6-11,16,26-28H,4-5,12-15,17-20H2,1-3H3,(H,34,36)/t26?,27-,28+,31-/m1/s1. The highest BCUT2D eigenvalue weighted by molar-refractivity contribution is 5.85. The van der Waals surface area contributed by atoms with E-state index >= 15 is 0 Å². The van der Waals surface area contributed by atoms with E-state index < -0.39 is 41.3 Å². The fraction of sp³-hybridized carbons (Fsp3) is 0.581. The van der Waals surface area contributed by atoms with Gasteiger partial charge in [0, 0.05) is 31.5 Å². The van der Waals surface area contributed by atoms with Crippen molar-refractivity contribution in [3.8, 4) is 0 Å². The molecule has 4 atom stereocenters. The second-order valence-electron chi connectivity index (χ2n) is 11.7. The van der Waals surface area contributed by atoms with Crippen LogP contribution in [0.3, 0.4) is 0 Å². The lowest BCUT2D eigenvalue weighted by molar-refractivity contribution is -0.183. The van der Waals surface area contributed by atoms with Gasteiger partial charge in [-0.05, 0) is 64.4 Å². The molecule has 218 valence electrons. The normalized spacial score (nSPS) is 28.0. The van der Waals surface area contributed by atoms with Crippen LogP contribution >= 0.6 is 0 Å². The lowest BCUT2D eigenvalue weighted by atomic mass is 9.78. The number of nitrogens with zero attached hydrogens (tertiary/aromatic N) is 1. The zero-order valence-corrected chi connectivity index (χ0v) is 23.6. The fourth-order valence-electron chi connectivity index (χ4n) is 6.09. The van der Waals surface area contributed by atoms with E-state index in [4.69, 9.17) is 18.9 Å². The van der Waals surface area contributed by atoms with Crippen molar-refractivity contribution in [2.24, 2.45) is 0 Å². The maximum atomic E-state index is 14.4. The Hall–Kier alpha value is -2.43. The first-order valence-corrected chi connectivity index (χ1v) is 14.2. The molecule has 2 aliphatic heterocycles. The number of rotatable bonds is 10. The molecule has 0 aromatic heterocycles. The van der Waals surface area contributed by atoms with Crippen molar-refractivity contribution in [3.05, 3.63) is 70.8 Å². The van der Waals surface area contributed by atoms with Crippen LogP contribution < -0.4 is 5.32 Å². The Morgan fingerprint density at radius 1 is 1.05 bits per heavy atom. The van der Waals surface area contributed by atoms with Gasteiger partial charge in [-0.15, -0.1) is 0 Å². The Kier molecular flexibility index (Phi) is 8.87. The van der Waals surface area contributed by atoms with E-state index in [1.165, 1.54) is 31.0 Å².